The van der Waals surface area contributed by atoms with Gasteiger partial charge >= 0.3 is 0 Å². The molecule has 0 spiro atoms. The minimum atomic E-state index is 1.14. The van der Waals surface area contributed by atoms with Crippen molar-refractivity contribution in [2.24, 2.45) is 0 Å². The van der Waals surface area contributed by atoms with Crippen LogP contribution in [0.3, 0.4) is 0 Å². The van der Waals surface area contributed by atoms with Crippen LogP contribution in [0.4, 0.5) is 0 Å². The van der Waals surface area contributed by atoms with Crippen molar-refractivity contribution in [1.82, 2.24) is 0 Å². The van der Waals surface area contributed by atoms with Gasteiger partial charge in [-0.2, -0.15) is 0 Å². The van der Waals surface area contributed by atoms with Gasteiger partial charge in [-0.25, -0.2) is 0 Å². The van der Waals surface area contributed by atoms with Crippen molar-refractivity contribution >= 4 is 0 Å². The van der Waals surface area contributed by atoms with E-state index in [1.54, 1.807) is 0 Å². The molecular formula is C12H22. The average molecular weight is 166 g/mol. The zero-order valence-corrected chi connectivity index (χ0v) is 8.82. The van der Waals surface area contributed by atoms with Gasteiger partial charge in [-0.1, -0.05) is 32.4 Å². The zero-order valence-electron chi connectivity index (χ0n) is 8.82. The lowest BCUT2D eigenvalue weighted by Gasteiger charge is -1.87. The summed E-state index contributed by atoms with van der Waals surface area (Å²) in [5.41, 5.74) is 3.84. The van der Waals surface area contributed by atoms with Gasteiger partial charge in [0.25, 0.3) is 0 Å². The number of rotatable bonds is 4. The first-order valence-corrected chi connectivity index (χ1v) is 4.63. The van der Waals surface area contributed by atoms with Crippen molar-refractivity contribution in [3.63, 3.8) is 0 Å². The van der Waals surface area contributed by atoms with Crippen molar-refractivity contribution in [2.75, 3.05) is 0 Å². The number of unbranched alkanes of at least 4 members (excludes halogenated alkanes) is 3. The van der Waals surface area contributed by atoms with Gasteiger partial charge in [-0.3, -0.25) is 0 Å². The molecule has 0 atom stereocenters. The molecule has 0 amide bonds. The SMILES string of the molecule is C=C=C(C)C.C=CCCCCC. The van der Waals surface area contributed by atoms with Crippen LogP contribution in [-0.2, 0) is 0 Å². The van der Waals surface area contributed by atoms with Gasteiger partial charge in [0.05, 0.1) is 0 Å². The van der Waals surface area contributed by atoms with Gasteiger partial charge in [-0.15, -0.1) is 12.3 Å². The van der Waals surface area contributed by atoms with Gasteiger partial charge in [-0.05, 0) is 32.3 Å². The lowest BCUT2D eigenvalue weighted by atomic mass is 10.2. The van der Waals surface area contributed by atoms with E-state index in [-0.39, 0.29) is 0 Å². The van der Waals surface area contributed by atoms with E-state index < -0.39 is 0 Å². The molecule has 0 aromatic heterocycles. The Hall–Kier alpha value is -0.740. The highest BCUT2D eigenvalue weighted by atomic mass is 13.8. The van der Waals surface area contributed by atoms with Crippen molar-refractivity contribution < 1.29 is 0 Å². The van der Waals surface area contributed by atoms with Crippen LogP contribution in [0.1, 0.15) is 46.5 Å². The fraction of sp³-hybridized carbons (Fsp3) is 0.583. The Labute approximate surface area is 77.7 Å². The second-order valence-electron chi connectivity index (χ2n) is 2.96. The molecule has 0 fully saturated rings. The number of hydrogen-bond acceptors (Lipinski definition) is 0. The maximum absolute atomic E-state index is 3.63. The summed E-state index contributed by atoms with van der Waals surface area (Å²) in [5, 5.41) is 0. The Morgan fingerprint density at radius 2 is 1.83 bits per heavy atom. The predicted octanol–water partition coefficient (Wildman–Crippen LogP) is 4.49. The van der Waals surface area contributed by atoms with E-state index in [2.05, 4.69) is 25.8 Å². The summed E-state index contributed by atoms with van der Waals surface area (Å²) in [6.45, 7) is 13.2. The third-order valence-corrected chi connectivity index (χ3v) is 1.37. The van der Waals surface area contributed by atoms with E-state index in [1.165, 1.54) is 25.7 Å². The highest BCUT2D eigenvalue weighted by Gasteiger charge is 1.77. The largest absolute Gasteiger partial charge is 0.130 e. The molecular weight excluding hydrogens is 144 g/mol. The van der Waals surface area contributed by atoms with E-state index >= 15 is 0 Å². The second-order valence-corrected chi connectivity index (χ2v) is 2.96. The number of allylic oxidation sites excluding steroid dienone is 2. The Bertz CT molecular complexity index is 132. The van der Waals surface area contributed by atoms with Crippen LogP contribution in [-0.4, -0.2) is 0 Å². The van der Waals surface area contributed by atoms with Gasteiger partial charge in [0.1, 0.15) is 0 Å². The molecule has 0 heteroatoms. The topological polar surface area (TPSA) is 0 Å². The van der Waals surface area contributed by atoms with Crippen molar-refractivity contribution in [2.45, 2.75) is 46.5 Å². The van der Waals surface area contributed by atoms with Crippen molar-refractivity contribution in [3.05, 3.63) is 30.5 Å². The van der Waals surface area contributed by atoms with Crippen LogP contribution in [0.25, 0.3) is 0 Å². The standard InChI is InChI=1S/C7H14.C5H8/c1-3-5-7-6-4-2;1-4-5(2)3/h3H,1,4-7H2,2H3;1H2,2-3H3. The summed E-state index contributed by atoms with van der Waals surface area (Å²) in [4.78, 5) is 0. The third kappa shape index (κ3) is 22.8. The first-order chi connectivity index (χ1) is 5.68. The molecule has 0 saturated carbocycles. The lowest BCUT2D eigenvalue weighted by molar-refractivity contribution is 0.730. The zero-order chi connectivity index (χ0) is 9.82. The third-order valence-electron chi connectivity index (χ3n) is 1.37. The Balaban J connectivity index is 0. The molecule has 0 N–H and O–H groups in total. The molecule has 0 aliphatic rings. The van der Waals surface area contributed by atoms with E-state index in [4.69, 9.17) is 0 Å². The Kier molecular flexibility index (Phi) is 14.9. The Morgan fingerprint density at radius 1 is 1.33 bits per heavy atom. The molecule has 0 rings (SSSR count). The van der Waals surface area contributed by atoms with Crippen LogP contribution in [0.15, 0.2) is 30.5 Å². The van der Waals surface area contributed by atoms with E-state index in [0.29, 0.717) is 0 Å². The molecule has 0 aromatic carbocycles. The minimum Gasteiger partial charge on any atom is -0.130 e. The quantitative estimate of drug-likeness (QED) is 0.328. The molecule has 0 radical (unpaired) electrons. The summed E-state index contributed by atoms with van der Waals surface area (Å²) < 4.78 is 0. The van der Waals surface area contributed by atoms with Crippen LogP contribution in [0, 0.1) is 0 Å². The van der Waals surface area contributed by atoms with E-state index in [9.17, 15) is 0 Å². The average Bonchev–Trinajstić information content (AvgIpc) is 2.07. The summed E-state index contributed by atoms with van der Waals surface area (Å²) in [7, 11) is 0. The Morgan fingerprint density at radius 3 is 2.08 bits per heavy atom. The maximum Gasteiger partial charge on any atom is -0.0351 e. The summed E-state index contributed by atoms with van der Waals surface area (Å²) in [6, 6.07) is 0. The molecule has 0 aliphatic heterocycles. The van der Waals surface area contributed by atoms with E-state index in [1.807, 2.05) is 19.9 Å². The van der Waals surface area contributed by atoms with Gasteiger partial charge in [0.2, 0.25) is 0 Å². The molecule has 0 aliphatic carbocycles. The van der Waals surface area contributed by atoms with E-state index in [0.717, 1.165) is 5.57 Å². The molecule has 70 valence electrons. The molecule has 0 bridgehead atoms. The fourth-order valence-corrected chi connectivity index (χ4v) is 0.539. The molecule has 0 saturated heterocycles. The predicted molar refractivity (Wildman–Crippen MR) is 58.3 cm³/mol. The van der Waals surface area contributed by atoms with Crippen LogP contribution < -0.4 is 0 Å². The first-order valence-electron chi connectivity index (χ1n) is 4.63. The molecule has 12 heavy (non-hydrogen) atoms. The molecule has 0 aromatic rings. The maximum atomic E-state index is 3.63. The molecule has 0 nitrogen and oxygen atoms in total. The first kappa shape index (κ1) is 13.8. The normalized spacial score (nSPS) is 7.58. The van der Waals surface area contributed by atoms with Gasteiger partial charge < -0.3 is 0 Å². The fourth-order valence-electron chi connectivity index (χ4n) is 0.539. The highest BCUT2D eigenvalue weighted by molar-refractivity contribution is 4.87. The second kappa shape index (κ2) is 12.9. The number of hydrogen-bond donors (Lipinski definition) is 0. The smallest absolute Gasteiger partial charge is 0.0351 e. The molecule has 0 unspecified atom stereocenters. The summed E-state index contributed by atoms with van der Waals surface area (Å²) in [6.07, 6.45) is 7.16. The van der Waals surface area contributed by atoms with Gasteiger partial charge in [0, 0.05) is 0 Å². The minimum absolute atomic E-state index is 1.14. The lowest BCUT2D eigenvalue weighted by Crippen LogP contribution is -1.67. The highest BCUT2D eigenvalue weighted by Crippen LogP contribution is 1.97. The van der Waals surface area contributed by atoms with Crippen LogP contribution in [0.2, 0.25) is 0 Å². The summed E-state index contributed by atoms with van der Waals surface area (Å²) >= 11 is 0. The van der Waals surface area contributed by atoms with Gasteiger partial charge in [0.15, 0.2) is 0 Å². The van der Waals surface area contributed by atoms with Crippen LogP contribution in [0.5, 0.6) is 0 Å². The van der Waals surface area contributed by atoms with Crippen LogP contribution >= 0.6 is 0 Å². The monoisotopic (exact) mass is 166 g/mol. The van der Waals surface area contributed by atoms with Crippen molar-refractivity contribution in [3.8, 4) is 0 Å². The summed E-state index contributed by atoms with van der Waals surface area (Å²) in [5.74, 6) is 0. The van der Waals surface area contributed by atoms with Crippen molar-refractivity contribution in [1.29, 1.82) is 0 Å². The molecule has 0 heterocycles.